The Bertz CT molecular complexity index is 1810. The van der Waals surface area contributed by atoms with Gasteiger partial charge >= 0.3 is 0 Å². The van der Waals surface area contributed by atoms with Gasteiger partial charge in [0.15, 0.2) is 0 Å². The minimum absolute atomic E-state index is 0.0412. The summed E-state index contributed by atoms with van der Waals surface area (Å²) < 4.78 is 30.5. The molecule has 1 N–H and O–H groups in total. The molecule has 0 saturated carbocycles. The number of hydrogen-bond donors (Lipinski definition) is 1. The van der Waals surface area contributed by atoms with Crippen LogP contribution in [0.1, 0.15) is 10.4 Å². The lowest BCUT2D eigenvalue weighted by Crippen LogP contribution is -2.30. The molecule has 0 bridgehead atoms. The summed E-state index contributed by atoms with van der Waals surface area (Å²) in [5.74, 6) is -0.946. The Hall–Kier alpha value is -5.03. The lowest BCUT2D eigenvalue weighted by Gasteiger charge is -2.13. The summed E-state index contributed by atoms with van der Waals surface area (Å²) in [5.41, 5.74) is 1.14. The van der Waals surface area contributed by atoms with Gasteiger partial charge in [-0.3, -0.25) is 19.7 Å². The number of nitro benzene ring substituents is 1. The van der Waals surface area contributed by atoms with Crippen LogP contribution in [0.5, 0.6) is 0 Å². The number of hydrogen-bond acceptors (Lipinski definition) is 6. The Morgan fingerprint density at radius 2 is 1.35 bits per heavy atom. The van der Waals surface area contributed by atoms with Gasteiger partial charge in [-0.15, -0.1) is 0 Å². The molecule has 1 heterocycles. The third-order valence-electron chi connectivity index (χ3n) is 5.70. The second kappa shape index (κ2) is 9.21. The van der Waals surface area contributed by atoms with E-state index in [-0.39, 0.29) is 21.5 Å². The molecule has 0 fully saturated rings. The topological polar surface area (TPSA) is 133 Å². The number of aromatic nitrogens is 2. The highest BCUT2D eigenvalue weighted by Crippen LogP contribution is 2.22. The van der Waals surface area contributed by atoms with Gasteiger partial charge in [-0.2, -0.15) is 0 Å². The van der Waals surface area contributed by atoms with Crippen molar-refractivity contribution in [1.29, 1.82) is 0 Å². The normalized spacial score (nSPS) is 11.4. The zero-order chi connectivity index (χ0) is 26.2. The summed E-state index contributed by atoms with van der Waals surface area (Å²) in [7, 11) is -4.31. The van der Waals surface area contributed by atoms with E-state index in [1.165, 1.54) is 16.8 Å². The number of rotatable bonds is 6. The van der Waals surface area contributed by atoms with Gasteiger partial charge in [-0.05, 0) is 54.6 Å². The fourth-order valence-corrected chi connectivity index (χ4v) is 4.93. The van der Waals surface area contributed by atoms with Crippen molar-refractivity contribution < 1.29 is 18.1 Å². The molecule has 0 aliphatic heterocycles. The number of carbonyl (C=O) groups is 1. The Morgan fingerprint density at radius 1 is 0.784 bits per heavy atom. The quantitative estimate of drug-likeness (QED) is 0.271. The Morgan fingerprint density at radius 3 is 1.92 bits per heavy atom. The lowest BCUT2D eigenvalue weighted by atomic mass is 10.1. The van der Waals surface area contributed by atoms with E-state index >= 15 is 0 Å². The van der Waals surface area contributed by atoms with Crippen LogP contribution >= 0.6 is 0 Å². The molecule has 0 spiro atoms. The molecule has 11 heteroatoms. The predicted molar refractivity (Wildman–Crippen MR) is 137 cm³/mol. The van der Waals surface area contributed by atoms with Crippen LogP contribution in [-0.2, 0) is 10.0 Å². The summed E-state index contributed by atoms with van der Waals surface area (Å²) in [6.45, 7) is 0. The van der Waals surface area contributed by atoms with Crippen molar-refractivity contribution in [3.8, 4) is 11.4 Å². The van der Waals surface area contributed by atoms with Crippen molar-refractivity contribution in [3.05, 3.63) is 129 Å². The largest absolute Gasteiger partial charge is 0.279 e. The molecule has 10 nitrogen and oxygen atoms in total. The number of benzene rings is 4. The van der Waals surface area contributed by atoms with E-state index in [0.29, 0.717) is 11.2 Å². The smallest absolute Gasteiger partial charge is 0.268 e. The van der Waals surface area contributed by atoms with Gasteiger partial charge in [0.2, 0.25) is 0 Å². The first-order valence-corrected chi connectivity index (χ1v) is 12.4. The number of non-ortho nitro benzene ring substituents is 1. The zero-order valence-electron chi connectivity index (χ0n) is 19.0. The minimum Gasteiger partial charge on any atom is -0.268 e. The average molecular weight is 515 g/mol. The first-order chi connectivity index (χ1) is 17.8. The molecule has 0 aliphatic carbocycles. The molecular weight excluding hydrogens is 496 g/mol. The first-order valence-electron chi connectivity index (χ1n) is 11.0. The molecule has 5 rings (SSSR count). The van der Waals surface area contributed by atoms with E-state index in [9.17, 15) is 28.1 Å². The molecule has 184 valence electrons. The predicted octanol–water partition coefficient (Wildman–Crippen LogP) is 3.81. The molecule has 1 aromatic heterocycles. The number of amides is 1. The van der Waals surface area contributed by atoms with Gasteiger partial charge in [0, 0.05) is 17.7 Å². The summed E-state index contributed by atoms with van der Waals surface area (Å²) in [6, 6.07) is 26.7. The highest BCUT2D eigenvalue weighted by molar-refractivity contribution is 7.90. The van der Waals surface area contributed by atoms with Crippen LogP contribution in [-0.4, -0.2) is 28.6 Å². The van der Waals surface area contributed by atoms with Crippen LogP contribution in [0.15, 0.2) is 113 Å². The monoisotopic (exact) mass is 514 g/mol. The molecule has 1 amide bonds. The fourth-order valence-electron chi connectivity index (χ4n) is 3.96. The zero-order valence-corrected chi connectivity index (χ0v) is 19.8. The second-order valence-corrected chi connectivity index (χ2v) is 9.70. The number of nitrogens with one attached hydrogen (secondary N) is 1. The number of fused-ring (bicyclic) bond motifs is 1. The van der Waals surface area contributed by atoms with Gasteiger partial charge in [0.1, 0.15) is 0 Å². The molecule has 0 saturated heterocycles. The second-order valence-electron chi connectivity index (χ2n) is 8.02. The molecule has 4 aromatic carbocycles. The molecule has 0 unspecified atom stereocenters. The van der Waals surface area contributed by atoms with Gasteiger partial charge in [0.25, 0.3) is 27.2 Å². The van der Waals surface area contributed by atoms with Crippen LogP contribution in [0.25, 0.3) is 22.3 Å². The maximum Gasteiger partial charge on any atom is 0.279 e. The number of sulfonamides is 1. The molecule has 0 aliphatic rings. The van der Waals surface area contributed by atoms with Gasteiger partial charge in [0.05, 0.1) is 32.1 Å². The van der Waals surface area contributed by atoms with Crippen molar-refractivity contribution in [3.63, 3.8) is 0 Å². The van der Waals surface area contributed by atoms with Crippen LogP contribution in [0, 0.1) is 10.1 Å². The summed E-state index contributed by atoms with van der Waals surface area (Å²) >= 11 is 0. The Labute approximate surface area is 210 Å². The minimum atomic E-state index is -4.31. The highest BCUT2D eigenvalue weighted by Gasteiger charge is 2.22. The van der Waals surface area contributed by atoms with Crippen molar-refractivity contribution >= 4 is 32.5 Å². The Kier molecular flexibility index (Phi) is 5.90. The Balaban J connectivity index is 1.57. The SMILES string of the molecule is O=C(NS(=O)(=O)c1ccc([N+](=O)[O-])cc1)c1ccc2c(c1)c(=O)n(-c1ccccc1)n2-c1ccccc1. The third kappa shape index (κ3) is 4.39. The number of nitro groups is 1. The van der Waals surface area contributed by atoms with Crippen molar-refractivity contribution in [2.75, 3.05) is 0 Å². The first kappa shape index (κ1) is 23.7. The highest BCUT2D eigenvalue weighted by atomic mass is 32.2. The van der Waals surface area contributed by atoms with Crippen LogP contribution in [0.4, 0.5) is 5.69 Å². The van der Waals surface area contributed by atoms with Gasteiger partial charge in [-0.25, -0.2) is 22.5 Å². The molecule has 5 aromatic rings. The van der Waals surface area contributed by atoms with Crippen molar-refractivity contribution in [2.45, 2.75) is 4.90 Å². The molecular formula is C26H18N4O6S. The standard InChI is InChI=1S/C26H18N4O6S/c31-25(27-37(35,36)22-14-12-21(13-15-22)30(33)34)18-11-16-24-23(17-18)26(32)29(20-9-5-2-6-10-20)28(24)19-7-3-1-4-8-19/h1-17H,(H,27,31). The molecule has 0 radical (unpaired) electrons. The number of nitrogens with zero attached hydrogens (tertiary/aromatic N) is 3. The van der Waals surface area contributed by atoms with E-state index in [1.54, 1.807) is 35.0 Å². The summed E-state index contributed by atoms with van der Waals surface area (Å²) in [5, 5.41) is 11.0. The van der Waals surface area contributed by atoms with Crippen LogP contribution in [0.2, 0.25) is 0 Å². The van der Waals surface area contributed by atoms with E-state index in [2.05, 4.69) is 0 Å². The number of para-hydroxylation sites is 2. The molecule has 37 heavy (non-hydrogen) atoms. The molecule has 0 atom stereocenters. The van der Waals surface area contributed by atoms with Crippen LogP contribution < -0.4 is 10.3 Å². The van der Waals surface area contributed by atoms with Gasteiger partial charge < -0.3 is 0 Å². The maximum atomic E-state index is 13.5. The van der Waals surface area contributed by atoms with Crippen molar-refractivity contribution in [2.24, 2.45) is 0 Å². The van der Waals surface area contributed by atoms with E-state index in [1.807, 2.05) is 41.1 Å². The van der Waals surface area contributed by atoms with E-state index < -0.39 is 26.4 Å². The summed E-state index contributed by atoms with van der Waals surface area (Å²) in [4.78, 5) is 36.3. The van der Waals surface area contributed by atoms with Gasteiger partial charge in [-0.1, -0.05) is 36.4 Å². The van der Waals surface area contributed by atoms with E-state index in [0.717, 1.165) is 30.0 Å². The summed E-state index contributed by atoms with van der Waals surface area (Å²) in [6.07, 6.45) is 0. The number of carbonyl (C=O) groups excluding carboxylic acids is 1. The van der Waals surface area contributed by atoms with E-state index in [4.69, 9.17) is 0 Å². The maximum absolute atomic E-state index is 13.5. The van der Waals surface area contributed by atoms with Crippen molar-refractivity contribution in [1.82, 2.24) is 14.1 Å². The average Bonchev–Trinajstić information content (AvgIpc) is 3.21. The fraction of sp³-hybridized carbons (Fsp3) is 0. The lowest BCUT2D eigenvalue weighted by molar-refractivity contribution is -0.384. The van der Waals surface area contributed by atoms with Crippen LogP contribution in [0.3, 0.4) is 0 Å². The third-order valence-corrected chi connectivity index (χ3v) is 7.04.